The van der Waals surface area contributed by atoms with Gasteiger partial charge in [0, 0.05) is 0 Å². The average Bonchev–Trinajstić information content (AvgIpc) is 1.85. The molecule has 0 radical (unpaired) electrons. The molecule has 13 heavy (non-hydrogen) atoms. The van der Waals surface area contributed by atoms with Crippen molar-refractivity contribution in [2.45, 2.75) is 0 Å². The van der Waals surface area contributed by atoms with Crippen molar-refractivity contribution in [1.82, 2.24) is 0 Å². The molecule has 0 saturated heterocycles. The van der Waals surface area contributed by atoms with Crippen LogP contribution in [0.2, 0.25) is 0 Å². The molecule has 0 fully saturated rings. The predicted molar refractivity (Wildman–Crippen MR) is 55.1 cm³/mol. The molecule has 1 aromatic rings. The Labute approximate surface area is 88.7 Å². The highest BCUT2D eigenvalue weighted by Crippen LogP contribution is 2.45. The van der Waals surface area contributed by atoms with Crippen LogP contribution in [0, 0.1) is 0 Å². The van der Waals surface area contributed by atoms with Gasteiger partial charge in [-0.1, -0.05) is 18.2 Å². The molecule has 0 heterocycles. The average molecular weight is 248 g/mol. The van der Waals surface area contributed by atoms with E-state index in [2.05, 4.69) is 4.52 Å². The molecule has 0 aliphatic carbocycles. The molecule has 4 nitrogen and oxygen atoms in total. The van der Waals surface area contributed by atoms with Crippen LogP contribution in [-0.4, -0.2) is 14.7 Å². The molecule has 0 amide bonds. The van der Waals surface area contributed by atoms with Crippen molar-refractivity contribution in [3.05, 3.63) is 30.3 Å². The lowest BCUT2D eigenvalue weighted by Crippen LogP contribution is -1.96. The fraction of sp³-hybridized carbons (Fsp3) is 0. The fourth-order valence-electron chi connectivity index (χ4n) is 0.623. The summed E-state index contributed by atoms with van der Waals surface area (Å²) < 4.78 is 4.38. The molecule has 0 bridgehead atoms. The second-order valence-electron chi connectivity index (χ2n) is 1.92. The van der Waals surface area contributed by atoms with E-state index >= 15 is 0 Å². The zero-order valence-electron chi connectivity index (χ0n) is 6.40. The van der Waals surface area contributed by atoms with Gasteiger partial charge >= 0.3 is 8.17 Å². The summed E-state index contributed by atoms with van der Waals surface area (Å²) >= 11 is 0. The zero-order valence-corrected chi connectivity index (χ0v) is 8.93. The van der Waals surface area contributed by atoms with Crippen LogP contribution < -0.4 is 4.52 Å². The molecule has 1 aromatic carbocycles. The van der Waals surface area contributed by atoms with Gasteiger partial charge in [0.15, 0.2) is 5.75 Å². The van der Waals surface area contributed by atoms with Crippen LogP contribution in [0.4, 0.5) is 0 Å². The number of hydrogen-bond acceptors (Lipinski definition) is 4. The van der Waals surface area contributed by atoms with Gasteiger partial charge in [-0.3, -0.25) is 4.52 Å². The monoisotopic (exact) mass is 247 g/mol. The second-order valence-corrected chi connectivity index (χ2v) is 3.13. The number of para-hydroxylation sites is 1. The van der Waals surface area contributed by atoms with Gasteiger partial charge in [0.25, 0.3) is 0 Å². The minimum atomic E-state index is -4.14. The highest BCUT2D eigenvalue weighted by atomic mass is 35.5. The third-order valence-electron chi connectivity index (χ3n) is 0.971. The van der Waals surface area contributed by atoms with Gasteiger partial charge in [-0.25, -0.2) is 0 Å². The first kappa shape index (κ1) is 15.4. The molecule has 0 atom stereocenters. The molecule has 0 unspecified atom stereocenters. The smallest absolute Gasteiger partial charge is 0.261 e. The van der Waals surface area contributed by atoms with Crippen LogP contribution in [-0.2, 0) is 0 Å². The maximum absolute atomic E-state index is 8.47. The Morgan fingerprint density at radius 2 is 1.38 bits per heavy atom. The van der Waals surface area contributed by atoms with Gasteiger partial charge in [0.05, 0.1) is 0 Å². The lowest BCUT2D eigenvalue weighted by Gasteiger charge is -2.02. The molecule has 76 valence electrons. The Bertz CT molecular complexity index is 226. The minimum Gasteiger partial charge on any atom is -0.261 e. The summed E-state index contributed by atoms with van der Waals surface area (Å²) in [6.45, 7) is 0. The Kier molecular flexibility index (Phi) is 7.55. The third-order valence-corrected chi connectivity index (χ3v) is 1.43. The summed E-state index contributed by atoms with van der Waals surface area (Å²) in [6.07, 6.45) is 0. The quantitative estimate of drug-likeness (QED) is 0.694. The fourth-order valence-corrected chi connectivity index (χ4v) is 1.03. The number of hydrogen-bond donors (Lipinski definition) is 3. The van der Waals surface area contributed by atoms with Gasteiger partial charge in [-0.15, -0.1) is 24.8 Å². The van der Waals surface area contributed by atoms with Crippen molar-refractivity contribution in [2.24, 2.45) is 0 Å². The standard InChI is InChI=1S/C6H8O4P.2ClH/c7-11(8,9)10-6-4-2-1-3-5-6;;/h1-5,7-9H;2*1H/q+1;;. The van der Waals surface area contributed by atoms with Crippen LogP contribution in [0.15, 0.2) is 30.3 Å². The van der Waals surface area contributed by atoms with Crippen LogP contribution in [0.25, 0.3) is 0 Å². The highest BCUT2D eigenvalue weighted by Gasteiger charge is 2.34. The molecule has 7 heteroatoms. The van der Waals surface area contributed by atoms with E-state index in [-0.39, 0.29) is 30.6 Å². The first-order chi connectivity index (χ1) is 5.08. The summed E-state index contributed by atoms with van der Waals surface area (Å²) in [4.78, 5) is 25.4. The Hall–Kier alpha value is -0.0900. The largest absolute Gasteiger partial charge is 0.613 e. The minimum absolute atomic E-state index is 0. The molecule has 3 N–H and O–H groups in total. The van der Waals surface area contributed by atoms with Crippen LogP contribution >= 0.6 is 33.0 Å². The van der Waals surface area contributed by atoms with Gasteiger partial charge in [0.1, 0.15) is 0 Å². The van der Waals surface area contributed by atoms with Crippen LogP contribution in [0.1, 0.15) is 0 Å². The van der Waals surface area contributed by atoms with Crippen molar-refractivity contribution in [3.8, 4) is 5.75 Å². The van der Waals surface area contributed by atoms with Gasteiger partial charge in [-0.2, -0.15) is 14.7 Å². The van der Waals surface area contributed by atoms with Crippen molar-refractivity contribution in [1.29, 1.82) is 0 Å². The van der Waals surface area contributed by atoms with E-state index in [0.717, 1.165) is 0 Å². The summed E-state index contributed by atoms with van der Waals surface area (Å²) in [6, 6.07) is 8.09. The van der Waals surface area contributed by atoms with E-state index in [1.165, 1.54) is 12.1 Å². The number of benzene rings is 1. The molecule has 0 aromatic heterocycles. The van der Waals surface area contributed by atoms with Crippen molar-refractivity contribution >= 4 is 33.0 Å². The molecular weight excluding hydrogens is 238 g/mol. The zero-order chi connectivity index (χ0) is 8.32. The Balaban J connectivity index is 0. The summed E-state index contributed by atoms with van der Waals surface area (Å²) in [5.41, 5.74) is 0. The van der Waals surface area contributed by atoms with Gasteiger partial charge in [0.2, 0.25) is 0 Å². The molecule has 0 spiro atoms. The van der Waals surface area contributed by atoms with Crippen molar-refractivity contribution < 1.29 is 19.2 Å². The van der Waals surface area contributed by atoms with Crippen molar-refractivity contribution in [2.75, 3.05) is 0 Å². The van der Waals surface area contributed by atoms with Gasteiger partial charge in [-0.05, 0) is 12.1 Å². The topological polar surface area (TPSA) is 69.9 Å². The second kappa shape index (κ2) is 6.38. The first-order valence-corrected chi connectivity index (χ1v) is 4.46. The first-order valence-electron chi connectivity index (χ1n) is 2.90. The van der Waals surface area contributed by atoms with Gasteiger partial charge < -0.3 is 0 Å². The lowest BCUT2D eigenvalue weighted by molar-refractivity contribution is 0.238. The Morgan fingerprint density at radius 1 is 0.923 bits per heavy atom. The van der Waals surface area contributed by atoms with Crippen LogP contribution in [0.3, 0.4) is 0 Å². The molecule has 1 rings (SSSR count). The number of rotatable bonds is 2. The molecule has 0 aliphatic heterocycles. The SMILES string of the molecule is Cl.Cl.O[P+](O)(O)Oc1ccccc1. The maximum Gasteiger partial charge on any atom is 0.613 e. The molecular formula is C6H10Cl2O4P+. The van der Waals surface area contributed by atoms with E-state index in [9.17, 15) is 0 Å². The normalized spacial score (nSPS) is 9.46. The third kappa shape index (κ3) is 7.02. The van der Waals surface area contributed by atoms with E-state index in [0.29, 0.717) is 0 Å². The predicted octanol–water partition coefficient (Wildman–Crippen LogP) is 1.56. The van der Waals surface area contributed by atoms with E-state index < -0.39 is 8.17 Å². The number of halogens is 2. The Morgan fingerprint density at radius 3 is 1.77 bits per heavy atom. The van der Waals surface area contributed by atoms with Crippen molar-refractivity contribution in [3.63, 3.8) is 0 Å². The van der Waals surface area contributed by atoms with E-state index in [4.69, 9.17) is 14.7 Å². The summed E-state index contributed by atoms with van der Waals surface area (Å²) in [5, 5.41) is 0. The molecule has 0 aliphatic rings. The highest BCUT2D eigenvalue weighted by molar-refractivity contribution is 7.53. The summed E-state index contributed by atoms with van der Waals surface area (Å²) in [7, 11) is -4.14. The molecule has 0 saturated carbocycles. The van der Waals surface area contributed by atoms with Crippen LogP contribution in [0.5, 0.6) is 5.75 Å². The maximum atomic E-state index is 8.47. The van der Waals surface area contributed by atoms with E-state index in [1.54, 1.807) is 18.2 Å². The van der Waals surface area contributed by atoms with E-state index in [1.807, 2.05) is 0 Å². The lowest BCUT2D eigenvalue weighted by atomic mass is 10.3. The summed E-state index contributed by atoms with van der Waals surface area (Å²) in [5.74, 6) is 0.230.